The molecule has 1 atom stereocenters. The average Bonchev–Trinajstić information content (AvgIpc) is 3.39. The summed E-state index contributed by atoms with van der Waals surface area (Å²) in [7, 11) is -2.28. The van der Waals surface area contributed by atoms with Gasteiger partial charge < -0.3 is 15.6 Å². The topological polar surface area (TPSA) is 146 Å². The number of hydrogen-bond donors (Lipinski definition) is 2. The minimum atomic E-state index is -4.09. The quantitative estimate of drug-likeness (QED) is 0.343. The van der Waals surface area contributed by atoms with Gasteiger partial charge in [-0.2, -0.15) is 9.97 Å². The predicted molar refractivity (Wildman–Crippen MR) is 136 cm³/mol. The molecule has 5 aromatic rings. The van der Waals surface area contributed by atoms with Gasteiger partial charge in [-0.05, 0) is 31.5 Å². The summed E-state index contributed by atoms with van der Waals surface area (Å²) in [5, 5.41) is 3.54. The van der Waals surface area contributed by atoms with E-state index in [2.05, 4.69) is 30.2 Å². The number of fused-ring (bicyclic) bond motifs is 1. The maximum atomic E-state index is 13.9. The van der Waals surface area contributed by atoms with Crippen molar-refractivity contribution < 1.29 is 12.8 Å². The van der Waals surface area contributed by atoms with Crippen molar-refractivity contribution in [3.63, 3.8) is 0 Å². The van der Waals surface area contributed by atoms with Gasteiger partial charge in [0.1, 0.15) is 17.5 Å². The maximum absolute atomic E-state index is 13.9. The SMILES string of the molecule is Cc1ccc(S(=O)(=O)n2c(C)c([C@H](C)c3ncc(F)cn3)c3c(Nc4cn(C)cn4)nc(N)nc32)cc1. The average molecular weight is 522 g/mol. The van der Waals surface area contributed by atoms with Gasteiger partial charge in [0.25, 0.3) is 10.0 Å². The lowest BCUT2D eigenvalue weighted by Gasteiger charge is -2.13. The van der Waals surface area contributed by atoms with Crippen LogP contribution >= 0.6 is 0 Å². The number of aromatic nitrogens is 7. The number of rotatable bonds is 6. The molecule has 0 saturated carbocycles. The van der Waals surface area contributed by atoms with E-state index in [1.54, 1.807) is 55.2 Å². The van der Waals surface area contributed by atoms with Crippen molar-refractivity contribution in [3.05, 3.63) is 77.6 Å². The third-order valence-electron chi connectivity index (χ3n) is 6.03. The first-order valence-electron chi connectivity index (χ1n) is 11.3. The van der Waals surface area contributed by atoms with E-state index in [9.17, 15) is 12.8 Å². The molecule has 0 fully saturated rings. The van der Waals surface area contributed by atoms with Crippen LogP contribution in [0.15, 0.2) is 54.1 Å². The van der Waals surface area contributed by atoms with Gasteiger partial charge in [0.2, 0.25) is 5.95 Å². The van der Waals surface area contributed by atoms with Crippen LogP contribution in [-0.4, -0.2) is 41.9 Å². The van der Waals surface area contributed by atoms with Gasteiger partial charge in [0.05, 0.1) is 29.0 Å². The second-order valence-electron chi connectivity index (χ2n) is 8.74. The minimum absolute atomic E-state index is 0.0896. The van der Waals surface area contributed by atoms with E-state index in [4.69, 9.17) is 5.73 Å². The van der Waals surface area contributed by atoms with Crippen LogP contribution in [0.3, 0.4) is 0 Å². The van der Waals surface area contributed by atoms with E-state index in [1.165, 1.54) is 0 Å². The van der Waals surface area contributed by atoms with Gasteiger partial charge in [-0.25, -0.2) is 31.7 Å². The monoisotopic (exact) mass is 521 g/mol. The zero-order chi connectivity index (χ0) is 26.5. The van der Waals surface area contributed by atoms with Gasteiger partial charge in [-0.3, -0.25) is 0 Å². The van der Waals surface area contributed by atoms with Gasteiger partial charge in [0.15, 0.2) is 11.5 Å². The summed E-state index contributed by atoms with van der Waals surface area (Å²) in [6.45, 7) is 5.35. The second kappa shape index (κ2) is 8.92. The van der Waals surface area contributed by atoms with Crippen molar-refractivity contribution in [3.8, 4) is 0 Å². The normalized spacial score (nSPS) is 12.7. The maximum Gasteiger partial charge on any atom is 0.269 e. The number of halogens is 1. The third-order valence-corrected chi connectivity index (χ3v) is 7.83. The van der Waals surface area contributed by atoms with Gasteiger partial charge >= 0.3 is 0 Å². The lowest BCUT2D eigenvalue weighted by atomic mass is 9.97. The van der Waals surface area contributed by atoms with Crippen LogP contribution in [0, 0.1) is 19.7 Å². The molecule has 0 unspecified atom stereocenters. The number of imidazole rings is 1. The molecule has 0 aliphatic rings. The highest BCUT2D eigenvalue weighted by Gasteiger charge is 2.32. The molecule has 0 aliphatic carbocycles. The minimum Gasteiger partial charge on any atom is -0.368 e. The Balaban J connectivity index is 1.82. The molecule has 3 N–H and O–H groups in total. The lowest BCUT2D eigenvalue weighted by molar-refractivity contribution is 0.587. The van der Waals surface area contributed by atoms with Crippen molar-refractivity contribution >= 4 is 38.6 Å². The van der Waals surface area contributed by atoms with Crippen molar-refractivity contribution in [1.82, 2.24) is 33.5 Å². The summed E-state index contributed by atoms with van der Waals surface area (Å²) >= 11 is 0. The standard InChI is InChI=1S/C24H24FN9O2S/c1-13-5-7-17(8-6-13)37(35,36)34-15(3)19(14(2)21-27-9-16(25)10-28-21)20-22(31-24(26)32-23(20)34)30-18-11-33(4)12-29-18/h5-12,14H,1-4H3,(H3,26,30,31,32)/t14-/m0/s1. The lowest BCUT2D eigenvalue weighted by Crippen LogP contribution is -2.16. The van der Waals surface area contributed by atoms with Gasteiger partial charge in [-0.15, -0.1) is 0 Å². The number of hydrogen-bond acceptors (Lipinski definition) is 9. The molecule has 11 nitrogen and oxygen atoms in total. The van der Waals surface area contributed by atoms with Crippen LogP contribution in [0.4, 0.5) is 22.0 Å². The number of nitrogen functional groups attached to an aromatic ring is 1. The highest BCUT2D eigenvalue weighted by Crippen LogP contribution is 2.39. The Morgan fingerprint density at radius 3 is 2.35 bits per heavy atom. The molecule has 0 spiro atoms. The fraction of sp³-hybridized carbons (Fsp3) is 0.208. The Morgan fingerprint density at radius 1 is 1.05 bits per heavy atom. The van der Waals surface area contributed by atoms with E-state index in [0.717, 1.165) is 21.9 Å². The molecule has 190 valence electrons. The fourth-order valence-corrected chi connectivity index (χ4v) is 5.82. The van der Waals surface area contributed by atoms with E-state index >= 15 is 0 Å². The molecule has 0 bridgehead atoms. The van der Waals surface area contributed by atoms with Crippen LogP contribution in [0.5, 0.6) is 0 Å². The van der Waals surface area contributed by atoms with Crippen LogP contribution in [0.2, 0.25) is 0 Å². The molecular weight excluding hydrogens is 497 g/mol. The zero-order valence-corrected chi connectivity index (χ0v) is 21.3. The summed E-state index contributed by atoms with van der Waals surface area (Å²) in [5.74, 6) is -0.200. The molecular formula is C24H24FN9O2S. The summed E-state index contributed by atoms with van der Waals surface area (Å²) < 4.78 is 44.3. The molecule has 0 saturated heterocycles. The first kappa shape index (κ1) is 24.3. The van der Waals surface area contributed by atoms with Crippen molar-refractivity contribution in [2.45, 2.75) is 31.6 Å². The number of benzene rings is 1. The van der Waals surface area contributed by atoms with Gasteiger partial charge in [0, 0.05) is 24.9 Å². The molecule has 0 amide bonds. The van der Waals surface area contributed by atoms with E-state index in [0.29, 0.717) is 28.3 Å². The number of nitrogens with two attached hydrogens (primary N) is 1. The summed E-state index contributed by atoms with van der Waals surface area (Å²) in [5.41, 5.74) is 7.99. The van der Waals surface area contributed by atoms with Crippen LogP contribution in [0.1, 0.15) is 35.5 Å². The number of nitrogens with zero attached hydrogens (tertiary/aromatic N) is 7. The molecule has 5 rings (SSSR count). The van der Waals surface area contributed by atoms with Crippen LogP contribution in [0.25, 0.3) is 11.0 Å². The number of aryl methyl sites for hydroxylation is 2. The Kier molecular flexibility index (Phi) is 5.86. The van der Waals surface area contributed by atoms with E-state index in [-0.39, 0.29) is 22.3 Å². The predicted octanol–water partition coefficient (Wildman–Crippen LogP) is 3.43. The molecule has 13 heteroatoms. The molecule has 37 heavy (non-hydrogen) atoms. The fourth-order valence-electron chi connectivity index (χ4n) is 4.31. The highest BCUT2D eigenvalue weighted by atomic mass is 32.2. The largest absolute Gasteiger partial charge is 0.368 e. The number of nitrogens with one attached hydrogen (secondary N) is 1. The molecule has 0 aliphatic heterocycles. The highest BCUT2D eigenvalue weighted by molar-refractivity contribution is 7.90. The molecule has 4 aromatic heterocycles. The van der Waals surface area contributed by atoms with Crippen molar-refractivity contribution in [2.24, 2.45) is 7.05 Å². The van der Waals surface area contributed by atoms with E-state index < -0.39 is 21.8 Å². The zero-order valence-electron chi connectivity index (χ0n) is 20.5. The molecule has 4 heterocycles. The second-order valence-corrected chi connectivity index (χ2v) is 10.5. The van der Waals surface area contributed by atoms with Crippen LogP contribution < -0.4 is 11.1 Å². The Labute approximate surface area is 212 Å². The Hall–Kier alpha value is -4.39. The summed E-state index contributed by atoms with van der Waals surface area (Å²) in [6, 6.07) is 6.53. The van der Waals surface area contributed by atoms with Crippen molar-refractivity contribution in [2.75, 3.05) is 11.1 Å². The number of anilines is 3. The van der Waals surface area contributed by atoms with Crippen molar-refractivity contribution in [1.29, 1.82) is 0 Å². The first-order valence-corrected chi connectivity index (χ1v) is 12.7. The summed E-state index contributed by atoms with van der Waals surface area (Å²) in [6.07, 6.45) is 5.48. The van der Waals surface area contributed by atoms with Crippen LogP contribution in [-0.2, 0) is 17.1 Å². The van der Waals surface area contributed by atoms with Gasteiger partial charge in [-0.1, -0.05) is 24.6 Å². The smallest absolute Gasteiger partial charge is 0.269 e. The Bertz CT molecular complexity index is 1730. The first-order chi connectivity index (χ1) is 17.6. The Morgan fingerprint density at radius 2 is 1.73 bits per heavy atom. The molecule has 0 radical (unpaired) electrons. The molecule has 1 aromatic carbocycles. The van der Waals surface area contributed by atoms with E-state index in [1.807, 2.05) is 14.0 Å². The third kappa shape index (κ3) is 4.27. The summed E-state index contributed by atoms with van der Waals surface area (Å²) in [4.78, 5) is 21.4.